The lowest BCUT2D eigenvalue weighted by Gasteiger charge is -2.13. The molecule has 0 aliphatic carbocycles. The normalized spacial score (nSPS) is 10.9. The summed E-state index contributed by atoms with van der Waals surface area (Å²) in [7, 11) is 4.01. The van der Waals surface area contributed by atoms with Crippen molar-refractivity contribution in [1.82, 2.24) is 15.0 Å². The van der Waals surface area contributed by atoms with Gasteiger partial charge < -0.3 is 15.7 Å². The Balaban J connectivity index is 1.94. The van der Waals surface area contributed by atoms with E-state index in [1.807, 2.05) is 55.4 Å². The highest BCUT2D eigenvalue weighted by Crippen LogP contribution is 2.33. The van der Waals surface area contributed by atoms with E-state index >= 15 is 0 Å². The number of nitrogens with two attached hydrogens (primary N) is 1. The predicted octanol–water partition coefficient (Wildman–Crippen LogP) is 3.71. The zero-order valence-electron chi connectivity index (χ0n) is 15.1. The van der Waals surface area contributed by atoms with E-state index in [0.717, 1.165) is 33.5 Å². The summed E-state index contributed by atoms with van der Waals surface area (Å²) in [5, 5.41) is 10.7. The van der Waals surface area contributed by atoms with Crippen LogP contribution >= 0.6 is 0 Å². The lowest BCUT2D eigenvalue weighted by molar-refractivity contribution is 0.475. The number of anilines is 2. The third-order valence-corrected chi connectivity index (χ3v) is 4.42. The average Bonchev–Trinajstić information content (AvgIpc) is 2.67. The van der Waals surface area contributed by atoms with Gasteiger partial charge in [-0.2, -0.15) is 4.98 Å². The zero-order valence-corrected chi connectivity index (χ0v) is 15.1. The Bertz CT molecular complexity index is 1120. The minimum Gasteiger partial charge on any atom is -0.508 e. The Morgan fingerprint density at radius 3 is 2.41 bits per heavy atom. The molecule has 6 heteroatoms. The van der Waals surface area contributed by atoms with Crippen molar-refractivity contribution >= 4 is 22.7 Å². The van der Waals surface area contributed by atoms with Gasteiger partial charge in [0.2, 0.25) is 5.95 Å². The van der Waals surface area contributed by atoms with Crippen molar-refractivity contribution in [3.63, 3.8) is 0 Å². The number of aromatic hydroxyl groups is 1. The van der Waals surface area contributed by atoms with Crippen LogP contribution in [0.3, 0.4) is 0 Å². The van der Waals surface area contributed by atoms with E-state index in [4.69, 9.17) is 5.73 Å². The number of hydrogen-bond donors (Lipinski definition) is 2. The van der Waals surface area contributed by atoms with E-state index in [1.54, 1.807) is 24.4 Å². The first-order valence-corrected chi connectivity index (χ1v) is 8.52. The van der Waals surface area contributed by atoms with Gasteiger partial charge in [0.1, 0.15) is 5.75 Å². The Labute approximate surface area is 157 Å². The molecule has 0 bridgehead atoms. The monoisotopic (exact) mass is 357 g/mol. The molecule has 0 unspecified atom stereocenters. The van der Waals surface area contributed by atoms with Crippen molar-refractivity contribution in [1.29, 1.82) is 0 Å². The molecule has 2 aromatic heterocycles. The van der Waals surface area contributed by atoms with E-state index in [-0.39, 0.29) is 11.7 Å². The summed E-state index contributed by atoms with van der Waals surface area (Å²) >= 11 is 0. The van der Waals surface area contributed by atoms with Gasteiger partial charge in [0, 0.05) is 36.9 Å². The highest BCUT2D eigenvalue weighted by Gasteiger charge is 2.12. The number of fused-ring (bicyclic) bond motifs is 1. The van der Waals surface area contributed by atoms with Gasteiger partial charge in [0.25, 0.3) is 0 Å². The van der Waals surface area contributed by atoms with Crippen LogP contribution < -0.4 is 10.6 Å². The van der Waals surface area contributed by atoms with E-state index < -0.39 is 0 Å². The molecule has 0 fully saturated rings. The number of pyridine rings is 1. The Hall–Kier alpha value is -3.67. The molecule has 0 radical (unpaired) electrons. The largest absolute Gasteiger partial charge is 0.508 e. The van der Waals surface area contributed by atoms with E-state index in [1.165, 1.54) is 0 Å². The summed E-state index contributed by atoms with van der Waals surface area (Å²) in [6, 6.07) is 17.2. The third kappa shape index (κ3) is 3.25. The van der Waals surface area contributed by atoms with Crippen LogP contribution in [0, 0.1) is 0 Å². The summed E-state index contributed by atoms with van der Waals surface area (Å²) in [6.07, 6.45) is 1.67. The standard InChI is InChI=1S/C21H19N5O/c1-26(2)15-8-6-13(7-9-15)19-11-17(14-4-3-5-16(27)10-14)18-12-23-21(22)25-20(18)24-19/h3-12,27H,1-2H3,(H2,22,23,24,25). The van der Waals surface area contributed by atoms with Crippen molar-refractivity contribution in [3.8, 4) is 28.1 Å². The molecule has 0 saturated carbocycles. The first-order chi connectivity index (χ1) is 13.0. The molecule has 0 aliphatic heterocycles. The van der Waals surface area contributed by atoms with Crippen LogP contribution in [0.2, 0.25) is 0 Å². The topological polar surface area (TPSA) is 88.2 Å². The maximum Gasteiger partial charge on any atom is 0.222 e. The molecule has 3 N–H and O–H groups in total. The fourth-order valence-electron chi connectivity index (χ4n) is 3.01. The number of aromatic nitrogens is 3. The smallest absolute Gasteiger partial charge is 0.222 e. The first-order valence-electron chi connectivity index (χ1n) is 8.52. The minimum absolute atomic E-state index is 0.178. The van der Waals surface area contributed by atoms with Crippen LogP contribution in [0.25, 0.3) is 33.4 Å². The van der Waals surface area contributed by atoms with Crippen LogP contribution in [0.1, 0.15) is 0 Å². The number of rotatable bonds is 3. The van der Waals surface area contributed by atoms with E-state index in [9.17, 15) is 5.11 Å². The third-order valence-electron chi connectivity index (χ3n) is 4.42. The number of nitrogen functional groups attached to an aromatic ring is 1. The van der Waals surface area contributed by atoms with Crippen LogP contribution in [0.15, 0.2) is 60.8 Å². The number of nitrogens with zero attached hydrogens (tertiary/aromatic N) is 4. The second kappa shape index (κ2) is 6.57. The molecule has 0 aliphatic rings. The van der Waals surface area contributed by atoms with Crippen molar-refractivity contribution in [2.24, 2.45) is 0 Å². The highest BCUT2D eigenvalue weighted by atomic mass is 16.3. The molecule has 0 amide bonds. The van der Waals surface area contributed by atoms with Crippen LogP contribution in [0.5, 0.6) is 5.75 Å². The fourth-order valence-corrected chi connectivity index (χ4v) is 3.01. The second-order valence-electron chi connectivity index (χ2n) is 6.51. The van der Waals surface area contributed by atoms with Gasteiger partial charge in [0.15, 0.2) is 5.65 Å². The molecule has 0 spiro atoms. The summed E-state index contributed by atoms with van der Waals surface area (Å²) < 4.78 is 0. The lowest BCUT2D eigenvalue weighted by atomic mass is 10.00. The Morgan fingerprint density at radius 2 is 1.70 bits per heavy atom. The first kappa shape index (κ1) is 16.8. The van der Waals surface area contributed by atoms with Gasteiger partial charge in [-0.3, -0.25) is 0 Å². The highest BCUT2D eigenvalue weighted by molar-refractivity contribution is 5.95. The van der Waals surface area contributed by atoms with Gasteiger partial charge in [-0.15, -0.1) is 0 Å². The SMILES string of the molecule is CN(C)c1ccc(-c2cc(-c3cccc(O)c3)c3cnc(N)nc3n2)cc1. The molecule has 6 nitrogen and oxygen atoms in total. The molecule has 0 saturated heterocycles. The molecule has 4 rings (SSSR count). The fraction of sp³-hybridized carbons (Fsp3) is 0.0952. The maximum absolute atomic E-state index is 9.89. The lowest BCUT2D eigenvalue weighted by Crippen LogP contribution is -2.08. The predicted molar refractivity (Wildman–Crippen MR) is 109 cm³/mol. The molecular formula is C21H19N5O. The van der Waals surface area contributed by atoms with Gasteiger partial charge in [-0.1, -0.05) is 24.3 Å². The number of benzene rings is 2. The average molecular weight is 357 g/mol. The molecule has 27 heavy (non-hydrogen) atoms. The Kier molecular flexibility index (Phi) is 4.08. The molecular weight excluding hydrogens is 338 g/mol. The molecule has 4 aromatic rings. The number of hydrogen-bond acceptors (Lipinski definition) is 6. The molecule has 2 heterocycles. The van der Waals surface area contributed by atoms with Crippen molar-refractivity contribution < 1.29 is 5.11 Å². The van der Waals surface area contributed by atoms with E-state index in [2.05, 4.69) is 15.0 Å². The molecule has 134 valence electrons. The van der Waals surface area contributed by atoms with Gasteiger partial charge >= 0.3 is 0 Å². The molecule has 2 aromatic carbocycles. The summed E-state index contributed by atoms with van der Waals surface area (Å²) in [6.45, 7) is 0. The van der Waals surface area contributed by atoms with Crippen molar-refractivity contribution in [3.05, 3.63) is 60.8 Å². The summed E-state index contributed by atoms with van der Waals surface area (Å²) in [5.74, 6) is 0.377. The van der Waals surface area contributed by atoms with Gasteiger partial charge in [-0.05, 0) is 41.5 Å². The summed E-state index contributed by atoms with van der Waals surface area (Å²) in [4.78, 5) is 15.1. The van der Waals surface area contributed by atoms with Crippen LogP contribution in [-0.2, 0) is 0 Å². The van der Waals surface area contributed by atoms with Gasteiger partial charge in [-0.25, -0.2) is 9.97 Å². The number of phenolic OH excluding ortho intramolecular Hbond substituents is 1. The zero-order chi connectivity index (χ0) is 19.0. The van der Waals surface area contributed by atoms with Crippen LogP contribution in [0.4, 0.5) is 11.6 Å². The summed E-state index contributed by atoms with van der Waals surface area (Å²) in [5.41, 5.74) is 10.9. The van der Waals surface area contributed by atoms with Crippen molar-refractivity contribution in [2.45, 2.75) is 0 Å². The number of phenols is 1. The second-order valence-corrected chi connectivity index (χ2v) is 6.51. The quantitative estimate of drug-likeness (QED) is 0.581. The minimum atomic E-state index is 0.178. The van der Waals surface area contributed by atoms with Gasteiger partial charge in [0.05, 0.1) is 5.69 Å². The van der Waals surface area contributed by atoms with Crippen LogP contribution in [-0.4, -0.2) is 34.2 Å². The van der Waals surface area contributed by atoms with Crippen molar-refractivity contribution in [2.75, 3.05) is 24.7 Å². The molecule has 0 atom stereocenters. The maximum atomic E-state index is 9.89. The Morgan fingerprint density at radius 1 is 0.926 bits per heavy atom. The van der Waals surface area contributed by atoms with E-state index in [0.29, 0.717) is 5.65 Å².